The highest BCUT2D eigenvalue weighted by atomic mass is 32.1. The van der Waals surface area contributed by atoms with E-state index in [0.29, 0.717) is 6.04 Å². The third kappa shape index (κ3) is 2.06. The predicted molar refractivity (Wildman–Crippen MR) is 84.6 cm³/mol. The maximum atomic E-state index is 6.16. The van der Waals surface area contributed by atoms with Gasteiger partial charge in [0.05, 0.1) is 40.6 Å². The van der Waals surface area contributed by atoms with Crippen LogP contribution in [0.3, 0.4) is 0 Å². The number of imidazole rings is 1. The Hall–Kier alpha value is -1.50. The van der Waals surface area contributed by atoms with Crippen molar-refractivity contribution in [2.45, 2.75) is 31.8 Å². The van der Waals surface area contributed by atoms with E-state index in [1.807, 2.05) is 13.1 Å². The van der Waals surface area contributed by atoms with Gasteiger partial charge in [0.15, 0.2) is 0 Å². The summed E-state index contributed by atoms with van der Waals surface area (Å²) in [7, 11) is 0. The van der Waals surface area contributed by atoms with Gasteiger partial charge in [-0.15, -0.1) is 11.3 Å². The Labute approximate surface area is 126 Å². The van der Waals surface area contributed by atoms with Crippen LogP contribution in [0.2, 0.25) is 0 Å². The summed E-state index contributed by atoms with van der Waals surface area (Å²) < 4.78 is 9.18. The van der Waals surface area contributed by atoms with Crippen molar-refractivity contribution in [1.82, 2.24) is 14.5 Å². The van der Waals surface area contributed by atoms with Gasteiger partial charge in [0.2, 0.25) is 0 Å². The van der Waals surface area contributed by atoms with Crippen LogP contribution < -0.4 is 5.73 Å². The van der Waals surface area contributed by atoms with Gasteiger partial charge in [-0.3, -0.25) is 4.98 Å². The van der Waals surface area contributed by atoms with Crippen molar-refractivity contribution in [2.75, 3.05) is 13.2 Å². The van der Waals surface area contributed by atoms with Crippen molar-refractivity contribution in [3.8, 4) is 0 Å². The number of nitrogens with zero attached hydrogens (tertiary/aromatic N) is 3. The molecule has 1 fully saturated rings. The molecule has 0 spiro atoms. The maximum absolute atomic E-state index is 6.16. The van der Waals surface area contributed by atoms with E-state index >= 15 is 0 Å². The smallest absolute Gasteiger partial charge is 0.127 e. The van der Waals surface area contributed by atoms with Crippen LogP contribution in [-0.4, -0.2) is 27.7 Å². The van der Waals surface area contributed by atoms with Gasteiger partial charge in [-0.05, 0) is 31.2 Å². The number of hydrogen-bond donors (Lipinski definition) is 1. The fourth-order valence-electron chi connectivity index (χ4n) is 3.11. The fourth-order valence-corrected chi connectivity index (χ4v) is 4.00. The van der Waals surface area contributed by atoms with Gasteiger partial charge in [0, 0.05) is 6.61 Å². The molecule has 2 N–H and O–H groups in total. The average molecular weight is 302 g/mol. The summed E-state index contributed by atoms with van der Waals surface area (Å²) in [6.45, 7) is 3.58. The molecule has 1 aliphatic heterocycles. The Balaban J connectivity index is 2.03. The lowest BCUT2D eigenvalue weighted by molar-refractivity contribution is 0.0593. The topological polar surface area (TPSA) is 66.0 Å². The molecule has 3 aromatic rings. The van der Waals surface area contributed by atoms with Gasteiger partial charge in [-0.2, -0.15) is 0 Å². The molecule has 4 heterocycles. The highest BCUT2D eigenvalue weighted by molar-refractivity contribution is 7.18. The minimum Gasteiger partial charge on any atom is -0.379 e. The zero-order valence-electron chi connectivity index (χ0n) is 12.0. The summed E-state index contributed by atoms with van der Waals surface area (Å²) in [5.74, 6) is 0.934. The van der Waals surface area contributed by atoms with Crippen molar-refractivity contribution < 1.29 is 4.74 Å². The Bertz CT molecular complexity index is 786. The Morgan fingerprint density at radius 1 is 1.48 bits per heavy atom. The van der Waals surface area contributed by atoms with Gasteiger partial charge in [0.1, 0.15) is 11.3 Å². The number of thiophene rings is 1. The zero-order chi connectivity index (χ0) is 14.4. The van der Waals surface area contributed by atoms with Gasteiger partial charge in [0.25, 0.3) is 0 Å². The predicted octanol–water partition coefficient (Wildman–Crippen LogP) is 3.02. The first-order valence-electron chi connectivity index (χ1n) is 7.33. The normalized spacial score (nSPS) is 21.1. The SMILES string of the molecule is CC(N)c1nc2cnc3ccsc3c2n1[C@H]1CCCOC1. The van der Waals surface area contributed by atoms with E-state index in [0.717, 1.165) is 48.4 Å². The van der Waals surface area contributed by atoms with E-state index in [-0.39, 0.29) is 6.04 Å². The summed E-state index contributed by atoms with van der Waals surface area (Å²) in [4.78, 5) is 9.23. The lowest BCUT2D eigenvalue weighted by atomic mass is 10.1. The van der Waals surface area contributed by atoms with E-state index in [9.17, 15) is 0 Å². The summed E-state index contributed by atoms with van der Waals surface area (Å²) in [6.07, 6.45) is 4.05. The minimum absolute atomic E-state index is 0.102. The van der Waals surface area contributed by atoms with E-state index in [2.05, 4.69) is 21.0 Å². The van der Waals surface area contributed by atoms with Crippen molar-refractivity contribution in [3.63, 3.8) is 0 Å². The number of pyridine rings is 1. The van der Waals surface area contributed by atoms with Crippen LogP contribution in [-0.2, 0) is 4.74 Å². The largest absolute Gasteiger partial charge is 0.379 e. The second-order valence-electron chi connectivity index (χ2n) is 5.63. The van der Waals surface area contributed by atoms with Crippen LogP contribution in [0.25, 0.3) is 21.3 Å². The molecule has 0 aliphatic carbocycles. The van der Waals surface area contributed by atoms with Gasteiger partial charge in [-0.1, -0.05) is 0 Å². The molecule has 110 valence electrons. The molecular formula is C15H18N4OS. The first kappa shape index (κ1) is 13.2. The highest BCUT2D eigenvalue weighted by Gasteiger charge is 2.25. The molecule has 1 unspecified atom stereocenters. The molecule has 0 saturated carbocycles. The lowest BCUT2D eigenvalue weighted by Gasteiger charge is -2.26. The second-order valence-corrected chi connectivity index (χ2v) is 6.54. The van der Waals surface area contributed by atoms with E-state index in [1.54, 1.807) is 11.3 Å². The first-order chi connectivity index (χ1) is 10.3. The van der Waals surface area contributed by atoms with Crippen molar-refractivity contribution in [2.24, 2.45) is 5.73 Å². The molecule has 1 saturated heterocycles. The fraction of sp³-hybridized carbons (Fsp3) is 0.467. The van der Waals surface area contributed by atoms with Crippen molar-refractivity contribution in [1.29, 1.82) is 0 Å². The number of fused-ring (bicyclic) bond motifs is 3. The van der Waals surface area contributed by atoms with E-state index < -0.39 is 0 Å². The monoisotopic (exact) mass is 302 g/mol. The average Bonchev–Trinajstić information content (AvgIpc) is 3.11. The summed E-state index contributed by atoms with van der Waals surface area (Å²) in [6, 6.07) is 2.27. The molecule has 0 bridgehead atoms. The summed E-state index contributed by atoms with van der Waals surface area (Å²) >= 11 is 1.72. The molecule has 0 radical (unpaired) electrons. The quantitative estimate of drug-likeness (QED) is 0.790. The van der Waals surface area contributed by atoms with Crippen LogP contribution >= 0.6 is 11.3 Å². The van der Waals surface area contributed by atoms with Gasteiger partial charge >= 0.3 is 0 Å². The van der Waals surface area contributed by atoms with Crippen LogP contribution in [0.15, 0.2) is 17.6 Å². The number of nitrogens with two attached hydrogens (primary N) is 1. The summed E-state index contributed by atoms with van der Waals surface area (Å²) in [5.41, 5.74) is 9.29. The summed E-state index contributed by atoms with van der Waals surface area (Å²) in [5, 5.41) is 2.08. The molecule has 4 rings (SSSR count). The Morgan fingerprint density at radius 3 is 3.14 bits per heavy atom. The van der Waals surface area contributed by atoms with E-state index in [4.69, 9.17) is 15.5 Å². The Morgan fingerprint density at radius 2 is 2.38 bits per heavy atom. The third-order valence-corrected chi connectivity index (χ3v) is 4.97. The first-order valence-corrected chi connectivity index (χ1v) is 8.21. The number of aromatic nitrogens is 3. The van der Waals surface area contributed by atoms with Crippen LogP contribution in [0.1, 0.15) is 37.7 Å². The number of hydrogen-bond acceptors (Lipinski definition) is 5. The van der Waals surface area contributed by atoms with Crippen LogP contribution in [0, 0.1) is 0 Å². The van der Waals surface area contributed by atoms with Crippen LogP contribution in [0.4, 0.5) is 0 Å². The highest BCUT2D eigenvalue weighted by Crippen LogP contribution is 2.34. The molecule has 3 aromatic heterocycles. The minimum atomic E-state index is -0.102. The molecule has 5 nitrogen and oxygen atoms in total. The molecule has 2 atom stereocenters. The standard InChI is InChI=1S/C15H18N4OS/c1-9(16)15-18-12-7-17-11-4-6-21-14(11)13(12)19(15)10-3-2-5-20-8-10/h4,6-7,9-10H,2-3,5,8,16H2,1H3/t9?,10-/m0/s1. The lowest BCUT2D eigenvalue weighted by Crippen LogP contribution is -2.25. The van der Waals surface area contributed by atoms with Crippen molar-refractivity contribution in [3.05, 3.63) is 23.5 Å². The molecular weight excluding hydrogens is 284 g/mol. The van der Waals surface area contributed by atoms with Gasteiger partial charge in [-0.25, -0.2) is 4.98 Å². The molecule has 0 aromatic carbocycles. The maximum Gasteiger partial charge on any atom is 0.127 e. The number of ether oxygens (including phenoxy) is 1. The second kappa shape index (κ2) is 5.05. The molecule has 1 aliphatic rings. The Kier molecular flexibility index (Phi) is 3.17. The zero-order valence-corrected chi connectivity index (χ0v) is 12.8. The number of rotatable bonds is 2. The molecule has 21 heavy (non-hydrogen) atoms. The van der Waals surface area contributed by atoms with Crippen molar-refractivity contribution >= 4 is 32.6 Å². The van der Waals surface area contributed by atoms with E-state index in [1.165, 1.54) is 4.70 Å². The molecule has 6 heteroatoms. The van der Waals surface area contributed by atoms with Gasteiger partial charge < -0.3 is 15.0 Å². The molecule has 0 amide bonds. The van der Waals surface area contributed by atoms with Crippen LogP contribution in [0.5, 0.6) is 0 Å². The third-order valence-electron chi connectivity index (χ3n) is 4.06.